The summed E-state index contributed by atoms with van der Waals surface area (Å²) >= 11 is 0. The zero-order valence-electron chi connectivity index (χ0n) is 20.2. The zero-order valence-corrected chi connectivity index (χ0v) is 21.0. The number of carbonyl (C=O) groups is 2. The van der Waals surface area contributed by atoms with Crippen LogP contribution in [0.5, 0.6) is 0 Å². The molecule has 36 heavy (non-hydrogen) atoms. The minimum Gasteiger partial charge on any atom is -0.381 e. The second kappa shape index (κ2) is 8.02. The number of aromatic nitrogens is 3. The fourth-order valence-corrected chi connectivity index (χ4v) is 6.11. The molecule has 2 amide bonds. The molecule has 3 N–H and O–H groups in total. The van der Waals surface area contributed by atoms with Crippen molar-refractivity contribution in [3.8, 4) is 11.3 Å². The molecular formula is C25H28N6O4S. The van der Waals surface area contributed by atoms with Gasteiger partial charge in [0.05, 0.1) is 21.9 Å². The van der Waals surface area contributed by atoms with Crippen molar-refractivity contribution in [3.05, 3.63) is 41.1 Å². The Labute approximate surface area is 208 Å². The highest BCUT2D eigenvalue weighted by Gasteiger charge is 2.41. The molecule has 2 aromatic heterocycles. The Bertz CT molecular complexity index is 1540. The Morgan fingerprint density at radius 2 is 2.00 bits per heavy atom. The van der Waals surface area contributed by atoms with Gasteiger partial charge < -0.3 is 16.0 Å². The van der Waals surface area contributed by atoms with Crippen LogP contribution in [0.3, 0.4) is 0 Å². The first-order valence-electron chi connectivity index (χ1n) is 12.3. The summed E-state index contributed by atoms with van der Waals surface area (Å²) in [5.74, 6) is -0.130. The minimum absolute atomic E-state index is 0.0365. The lowest BCUT2D eigenvalue weighted by Crippen LogP contribution is -2.35. The molecule has 0 spiro atoms. The SMILES string of the molecule is CCS(=O)(=O)c1cc(-c2ccn3nc(N)c(C(=O)NC4CC4)c3n2)cc2c1C(=O)N([C@@H](C)C1CC1)C2. The van der Waals surface area contributed by atoms with Gasteiger partial charge in [-0.3, -0.25) is 9.59 Å². The Morgan fingerprint density at radius 1 is 1.25 bits per heavy atom. The third kappa shape index (κ3) is 3.73. The molecule has 2 aliphatic carbocycles. The van der Waals surface area contributed by atoms with Crippen LogP contribution in [-0.4, -0.2) is 57.6 Å². The predicted octanol–water partition coefficient (Wildman–Crippen LogP) is 2.42. The topological polar surface area (TPSA) is 140 Å². The summed E-state index contributed by atoms with van der Waals surface area (Å²) in [6.07, 6.45) is 5.68. The van der Waals surface area contributed by atoms with Crippen LogP contribution >= 0.6 is 0 Å². The average Bonchev–Trinajstić information content (AvgIpc) is 3.78. The Morgan fingerprint density at radius 3 is 2.67 bits per heavy atom. The van der Waals surface area contributed by atoms with E-state index in [2.05, 4.69) is 15.4 Å². The normalized spacial score (nSPS) is 18.5. The van der Waals surface area contributed by atoms with Crippen LogP contribution in [0.2, 0.25) is 0 Å². The molecule has 0 saturated heterocycles. The molecule has 0 bridgehead atoms. The Balaban J connectivity index is 1.47. The van der Waals surface area contributed by atoms with E-state index >= 15 is 0 Å². The summed E-state index contributed by atoms with van der Waals surface area (Å²) in [4.78, 5) is 32.7. The second-order valence-electron chi connectivity index (χ2n) is 10.0. The van der Waals surface area contributed by atoms with Crippen molar-refractivity contribution in [1.29, 1.82) is 0 Å². The fraction of sp³-hybridized carbons (Fsp3) is 0.440. The van der Waals surface area contributed by atoms with Gasteiger partial charge in [0.15, 0.2) is 21.3 Å². The maximum atomic E-state index is 13.4. The molecule has 1 aromatic carbocycles. The van der Waals surface area contributed by atoms with E-state index < -0.39 is 9.84 Å². The number of nitrogen functional groups attached to an aromatic ring is 1. The van der Waals surface area contributed by atoms with Crippen molar-refractivity contribution in [1.82, 2.24) is 24.8 Å². The van der Waals surface area contributed by atoms with Gasteiger partial charge in [-0.2, -0.15) is 0 Å². The monoisotopic (exact) mass is 508 g/mol. The molecule has 2 fully saturated rings. The van der Waals surface area contributed by atoms with Gasteiger partial charge in [0.25, 0.3) is 11.8 Å². The number of carbonyl (C=O) groups excluding carboxylic acids is 2. The van der Waals surface area contributed by atoms with E-state index in [4.69, 9.17) is 5.73 Å². The number of hydrogen-bond donors (Lipinski definition) is 2. The third-order valence-corrected chi connectivity index (χ3v) is 9.21. The smallest absolute Gasteiger partial charge is 0.259 e. The summed E-state index contributed by atoms with van der Waals surface area (Å²) in [6.45, 7) is 3.97. The first-order valence-corrected chi connectivity index (χ1v) is 14.0. The summed E-state index contributed by atoms with van der Waals surface area (Å²) in [5, 5.41) is 7.13. The van der Waals surface area contributed by atoms with Crippen molar-refractivity contribution in [2.75, 3.05) is 11.5 Å². The molecule has 10 nitrogen and oxygen atoms in total. The van der Waals surface area contributed by atoms with Crippen LogP contribution in [0, 0.1) is 5.92 Å². The van der Waals surface area contributed by atoms with Crippen molar-refractivity contribution < 1.29 is 18.0 Å². The van der Waals surface area contributed by atoms with Crippen LogP contribution in [0.15, 0.2) is 29.3 Å². The van der Waals surface area contributed by atoms with Crippen LogP contribution in [0.1, 0.15) is 65.8 Å². The van der Waals surface area contributed by atoms with E-state index in [0.29, 0.717) is 34.9 Å². The molecule has 1 aliphatic heterocycles. The van der Waals surface area contributed by atoms with E-state index in [1.807, 2.05) is 13.0 Å². The third-order valence-electron chi connectivity index (χ3n) is 7.46. The van der Waals surface area contributed by atoms with Gasteiger partial charge in [-0.25, -0.2) is 17.9 Å². The van der Waals surface area contributed by atoms with Gasteiger partial charge >= 0.3 is 0 Å². The van der Waals surface area contributed by atoms with E-state index in [9.17, 15) is 18.0 Å². The first-order chi connectivity index (χ1) is 17.2. The second-order valence-corrected chi connectivity index (χ2v) is 12.3. The molecule has 1 atom stereocenters. The predicted molar refractivity (Wildman–Crippen MR) is 133 cm³/mol. The van der Waals surface area contributed by atoms with Gasteiger partial charge in [0.2, 0.25) is 0 Å². The lowest BCUT2D eigenvalue weighted by atomic mass is 10.0. The summed E-state index contributed by atoms with van der Waals surface area (Å²) in [6, 6.07) is 5.27. The van der Waals surface area contributed by atoms with E-state index in [-0.39, 0.29) is 51.5 Å². The Hall–Kier alpha value is -3.47. The molecule has 2 saturated carbocycles. The van der Waals surface area contributed by atoms with Crippen LogP contribution in [0.25, 0.3) is 16.9 Å². The highest BCUT2D eigenvalue weighted by Crippen LogP contribution is 2.41. The standard InChI is InChI=1S/C25H28N6O4S/c1-3-36(34,35)19-11-15(10-16-12-30(25(33)20(16)19)13(2)14-4-5-14)18-8-9-31-23(28-18)21(22(26)29-31)24(32)27-17-6-7-17/h8-11,13-14,17H,3-7,12H2,1-2H3,(H2,26,29)(H,27,32)/t13-/m0/s1. The van der Waals surface area contributed by atoms with Gasteiger partial charge in [-0.1, -0.05) is 6.92 Å². The molecular weight excluding hydrogens is 480 g/mol. The number of amides is 2. The molecule has 6 rings (SSSR count). The van der Waals surface area contributed by atoms with Crippen LogP contribution < -0.4 is 11.1 Å². The average molecular weight is 509 g/mol. The van der Waals surface area contributed by atoms with Gasteiger partial charge in [-0.05, 0) is 62.3 Å². The largest absolute Gasteiger partial charge is 0.381 e. The summed E-state index contributed by atoms with van der Waals surface area (Å²) in [5.41, 5.74) is 8.52. The van der Waals surface area contributed by atoms with Crippen LogP contribution in [-0.2, 0) is 16.4 Å². The van der Waals surface area contributed by atoms with Gasteiger partial charge in [0, 0.05) is 30.4 Å². The number of rotatable bonds is 7. The molecule has 3 heterocycles. The first kappa shape index (κ1) is 23.0. The number of nitrogens with one attached hydrogen (secondary N) is 1. The number of sulfone groups is 1. The molecule has 3 aliphatic rings. The number of fused-ring (bicyclic) bond motifs is 2. The number of hydrogen-bond acceptors (Lipinski definition) is 7. The maximum Gasteiger partial charge on any atom is 0.259 e. The van der Waals surface area contributed by atoms with E-state index in [1.165, 1.54) is 10.6 Å². The van der Waals surface area contributed by atoms with Crippen molar-refractivity contribution in [2.24, 2.45) is 5.92 Å². The zero-order chi connectivity index (χ0) is 25.4. The minimum atomic E-state index is -3.68. The number of nitrogens with two attached hydrogens (primary N) is 1. The highest BCUT2D eigenvalue weighted by atomic mass is 32.2. The van der Waals surface area contributed by atoms with Gasteiger partial charge in [0.1, 0.15) is 5.56 Å². The summed E-state index contributed by atoms with van der Waals surface area (Å²) < 4.78 is 27.7. The number of benzene rings is 1. The molecule has 0 radical (unpaired) electrons. The lowest BCUT2D eigenvalue weighted by Gasteiger charge is -2.24. The Kier molecular flexibility index (Phi) is 5.12. The molecule has 188 valence electrons. The van der Waals surface area contributed by atoms with Crippen LogP contribution in [0.4, 0.5) is 5.82 Å². The van der Waals surface area contributed by atoms with Crippen molar-refractivity contribution in [2.45, 2.75) is 63.1 Å². The van der Waals surface area contributed by atoms with E-state index in [1.54, 1.807) is 24.1 Å². The van der Waals surface area contributed by atoms with E-state index in [0.717, 1.165) is 25.7 Å². The number of nitrogens with zero attached hydrogens (tertiary/aromatic N) is 4. The maximum absolute atomic E-state index is 13.4. The quantitative estimate of drug-likeness (QED) is 0.499. The van der Waals surface area contributed by atoms with Crippen molar-refractivity contribution in [3.63, 3.8) is 0 Å². The molecule has 0 unspecified atom stereocenters. The lowest BCUT2D eigenvalue weighted by molar-refractivity contribution is 0.0694. The summed E-state index contributed by atoms with van der Waals surface area (Å²) in [7, 11) is -3.68. The highest BCUT2D eigenvalue weighted by molar-refractivity contribution is 7.91. The van der Waals surface area contributed by atoms with Gasteiger partial charge in [-0.15, -0.1) is 5.10 Å². The number of anilines is 1. The fourth-order valence-electron chi connectivity index (χ4n) is 4.96. The molecule has 3 aromatic rings. The van der Waals surface area contributed by atoms with Crippen molar-refractivity contribution >= 4 is 33.1 Å². The molecule has 11 heteroatoms.